The van der Waals surface area contributed by atoms with Gasteiger partial charge in [0.1, 0.15) is 0 Å². The van der Waals surface area contributed by atoms with Crippen molar-refractivity contribution in [3.63, 3.8) is 0 Å². The quantitative estimate of drug-likeness (QED) is 0.704. The fraction of sp³-hybridized carbons (Fsp3) is 0.538. The predicted molar refractivity (Wildman–Crippen MR) is 71.7 cm³/mol. The van der Waals surface area contributed by atoms with Crippen molar-refractivity contribution >= 4 is 11.7 Å². The van der Waals surface area contributed by atoms with Gasteiger partial charge < -0.3 is 10.3 Å². The molecule has 1 amide bonds. The van der Waals surface area contributed by atoms with Crippen molar-refractivity contribution in [3.8, 4) is 0 Å². The highest BCUT2D eigenvalue weighted by atomic mass is 16.2. The van der Waals surface area contributed by atoms with Crippen LogP contribution in [-0.2, 0) is 11.3 Å². The number of Topliss-reactive ketones (excluding diaryl/α,β-unsaturated/α-hetero) is 1. The van der Waals surface area contributed by atoms with Gasteiger partial charge in [-0.2, -0.15) is 0 Å². The van der Waals surface area contributed by atoms with Gasteiger partial charge in [-0.05, 0) is 26.2 Å². The van der Waals surface area contributed by atoms with Crippen LogP contribution >= 0.6 is 0 Å². The molecular weight excluding hydrogens is 262 g/mol. The third-order valence-electron chi connectivity index (χ3n) is 3.17. The van der Waals surface area contributed by atoms with E-state index in [4.69, 9.17) is 0 Å². The normalized spacial score (nSPS) is 14.1. The maximum Gasteiger partial charge on any atom is 0.328 e. The van der Waals surface area contributed by atoms with Crippen molar-refractivity contribution in [1.29, 1.82) is 0 Å². The Bertz CT molecular complexity index is 640. The molecule has 1 aliphatic carbocycles. The van der Waals surface area contributed by atoms with Crippen LogP contribution in [0.25, 0.3) is 0 Å². The molecule has 0 spiro atoms. The van der Waals surface area contributed by atoms with Gasteiger partial charge in [-0.15, -0.1) is 0 Å². The molecule has 7 nitrogen and oxygen atoms in total. The Morgan fingerprint density at radius 2 is 2.10 bits per heavy atom. The average Bonchev–Trinajstić information content (AvgIpc) is 3.16. The number of aromatic amines is 1. The number of aromatic nitrogens is 2. The van der Waals surface area contributed by atoms with E-state index < -0.39 is 17.0 Å². The molecule has 0 aromatic carbocycles. The number of nitrogens with one attached hydrogen (secondary N) is 2. The van der Waals surface area contributed by atoms with Gasteiger partial charge in [0.25, 0.3) is 5.56 Å². The molecule has 0 saturated heterocycles. The summed E-state index contributed by atoms with van der Waals surface area (Å²) < 4.78 is 0.959. The average molecular weight is 279 g/mol. The Morgan fingerprint density at radius 3 is 2.70 bits per heavy atom. The first-order valence-electron chi connectivity index (χ1n) is 6.62. The van der Waals surface area contributed by atoms with E-state index >= 15 is 0 Å². The summed E-state index contributed by atoms with van der Waals surface area (Å²) in [6.07, 6.45) is 3.80. The predicted octanol–water partition coefficient (Wildman–Crippen LogP) is -0.202. The number of amides is 1. The Balaban J connectivity index is 1.99. The minimum Gasteiger partial charge on any atom is -0.353 e. The lowest BCUT2D eigenvalue weighted by molar-refractivity contribution is -0.121. The molecule has 0 bridgehead atoms. The summed E-state index contributed by atoms with van der Waals surface area (Å²) in [5.41, 5.74) is -1.22. The molecule has 20 heavy (non-hydrogen) atoms. The van der Waals surface area contributed by atoms with Gasteiger partial charge in [0, 0.05) is 25.2 Å². The number of carbonyl (C=O) groups excluding carboxylic acids is 2. The lowest BCUT2D eigenvalue weighted by Gasteiger charge is -2.06. The smallest absolute Gasteiger partial charge is 0.328 e. The number of rotatable bonds is 6. The molecule has 1 saturated carbocycles. The Labute approximate surface area is 115 Å². The summed E-state index contributed by atoms with van der Waals surface area (Å²) in [7, 11) is 0. The number of ketones is 1. The van der Waals surface area contributed by atoms with Gasteiger partial charge in [0.05, 0.1) is 5.56 Å². The summed E-state index contributed by atoms with van der Waals surface area (Å²) in [6, 6.07) is 0.301. The molecule has 1 aromatic rings. The highest BCUT2D eigenvalue weighted by molar-refractivity contribution is 5.93. The van der Waals surface area contributed by atoms with Crippen molar-refractivity contribution in [1.82, 2.24) is 14.9 Å². The second kappa shape index (κ2) is 5.85. The maximum absolute atomic E-state index is 11.9. The van der Waals surface area contributed by atoms with E-state index in [1.54, 1.807) is 0 Å². The number of nitrogens with zero attached hydrogens (tertiary/aromatic N) is 1. The summed E-state index contributed by atoms with van der Waals surface area (Å²) in [5.74, 6) is -0.467. The van der Waals surface area contributed by atoms with Crippen molar-refractivity contribution in [2.45, 2.75) is 45.2 Å². The zero-order valence-corrected chi connectivity index (χ0v) is 11.3. The van der Waals surface area contributed by atoms with E-state index in [0.29, 0.717) is 12.5 Å². The van der Waals surface area contributed by atoms with Crippen molar-refractivity contribution in [3.05, 3.63) is 32.6 Å². The van der Waals surface area contributed by atoms with Crippen LogP contribution in [0.15, 0.2) is 15.8 Å². The minimum atomic E-state index is -0.608. The monoisotopic (exact) mass is 279 g/mol. The van der Waals surface area contributed by atoms with Gasteiger partial charge in [-0.25, -0.2) is 4.79 Å². The maximum atomic E-state index is 11.9. The van der Waals surface area contributed by atoms with Crippen LogP contribution in [0.3, 0.4) is 0 Å². The van der Waals surface area contributed by atoms with Crippen molar-refractivity contribution in [2.75, 3.05) is 0 Å². The molecule has 0 unspecified atom stereocenters. The largest absolute Gasteiger partial charge is 0.353 e. The van der Waals surface area contributed by atoms with E-state index in [1.807, 2.05) is 0 Å². The standard InChI is InChI=1S/C13H17N3O4/c1-8(17)10-7-14-13(20)16(12(10)19)6-2-3-11(18)15-9-4-5-9/h7,9H,2-6H2,1H3,(H,14,20)(H,15,18). The zero-order chi connectivity index (χ0) is 14.7. The molecule has 2 N–H and O–H groups in total. The van der Waals surface area contributed by atoms with Gasteiger partial charge in [-0.3, -0.25) is 19.0 Å². The number of hydrogen-bond acceptors (Lipinski definition) is 4. The molecule has 1 aliphatic rings. The first-order valence-corrected chi connectivity index (χ1v) is 6.62. The number of H-pyrrole nitrogens is 1. The third kappa shape index (κ3) is 3.43. The molecule has 108 valence electrons. The topological polar surface area (TPSA) is 101 Å². The van der Waals surface area contributed by atoms with E-state index in [9.17, 15) is 19.2 Å². The molecule has 1 heterocycles. The van der Waals surface area contributed by atoms with Crippen LogP contribution in [0.1, 0.15) is 43.0 Å². The lowest BCUT2D eigenvalue weighted by atomic mass is 10.2. The van der Waals surface area contributed by atoms with E-state index in [-0.39, 0.29) is 24.4 Å². The number of carbonyl (C=O) groups is 2. The molecule has 7 heteroatoms. The second-order valence-corrected chi connectivity index (χ2v) is 4.97. The molecule has 0 atom stereocenters. The lowest BCUT2D eigenvalue weighted by Crippen LogP contribution is -2.38. The van der Waals surface area contributed by atoms with Crippen molar-refractivity contribution < 1.29 is 9.59 Å². The fourth-order valence-electron chi connectivity index (χ4n) is 1.89. The molecular formula is C13H17N3O4. The van der Waals surface area contributed by atoms with Gasteiger partial charge in [0.2, 0.25) is 5.91 Å². The molecule has 0 aliphatic heterocycles. The summed E-state index contributed by atoms with van der Waals surface area (Å²) in [4.78, 5) is 48.6. The summed E-state index contributed by atoms with van der Waals surface area (Å²) in [6.45, 7) is 1.38. The van der Waals surface area contributed by atoms with E-state index in [1.165, 1.54) is 6.92 Å². The first kappa shape index (κ1) is 14.2. The zero-order valence-electron chi connectivity index (χ0n) is 11.3. The Morgan fingerprint density at radius 1 is 1.40 bits per heavy atom. The second-order valence-electron chi connectivity index (χ2n) is 4.97. The molecule has 1 aromatic heterocycles. The summed E-state index contributed by atoms with van der Waals surface area (Å²) in [5, 5.41) is 2.83. The summed E-state index contributed by atoms with van der Waals surface area (Å²) >= 11 is 0. The van der Waals surface area contributed by atoms with Crippen molar-refractivity contribution in [2.24, 2.45) is 0 Å². The van der Waals surface area contributed by atoms with E-state index in [2.05, 4.69) is 10.3 Å². The van der Waals surface area contributed by atoms with E-state index in [0.717, 1.165) is 23.6 Å². The van der Waals surface area contributed by atoms with Crippen LogP contribution in [0.4, 0.5) is 0 Å². The van der Waals surface area contributed by atoms with Gasteiger partial charge in [-0.1, -0.05) is 0 Å². The third-order valence-corrected chi connectivity index (χ3v) is 3.17. The molecule has 2 rings (SSSR count). The first-order chi connectivity index (χ1) is 9.49. The van der Waals surface area contributed by atoms with Crippen LogP contribution < -0.4 is 16.6 Å². The Kier molecular flexibility index (Phi) is 4.16. The van der Waals surface area contributed by atoms with Crippen LogP contribution in [-0.4, -0.2) is 27.3 Å². The van der Waals surface area contributed by atoms with Crippen LogP contribution in [0.5, 0.6) is 0 Å². The Hall–Kier alpha value is -2.18. The SMILES string of the molecule is CC(=O)c1c[nH]c(=O)n(CCCC(=O)NC2CC2)c1=O. The fourth-order valence-corrected chi connectivity index (χ4v) is 1.89. The molecule has 0 radical (unpaired) electrons. The highest BCUT2D eigenvalue weighted by Crippen LogP contribution is 2.18. The molecule has 1 fully saturated rings. The van der Waals surface area contributed by atoms with Gasteiger partial charge in [0.15, 0.2) is 5.78 Å². The minimum absolute atomic E-state index is 0.0490. The highest BCUT2D eigenvalue weighted by Gasteiger charge is 2.22. The van der Waals surface area contributed by atoms with Gasteiger partial charge >= 0.3 is 5.69 Å². The number of hydrogen-bond donors (Lipinski definition) is 2. The van der Waals surface area contributed by atoms with Crippen LogP contribution in [0.2, 0.25) is 0 Å². The van der Waals surface area contributed by atoms with Crippen LogP contribution in [0, 0.1) is 0 Å².